The normalized spacial score (nSPS) is 11.6. The van der Waals surface area contributed by atoms with Crippen LogP contribution >= 0.6 is 34.5 Å². The van der Waals surface area contributed by atoms with Gasteiger partial charge in [-0.15, -0.1) is 0 Å². The van der Waals surface area contributed by atoms with Crippen LogP contribution in [0.3, 0.4) is 0 Å². The van der Waals surface area contributed by atoms with E-state index in [1.165, 1.54) is 17.7 Å². The highest BCUT2D eigenvalue weighted by Gasteiger charge is 2.25. The number of para-hydroxylation sites is 1. The lowest BCUT2D eigenvalue weighted by Gasteiger charge is -2.16. The summed E-state index contributed by atoms with van der Waals surface area (Å²) in [6, 6.07) is 20.2. The Kier molecular flexibility index (Phi) is 7.07. The van der Waals surface area contributed by atoms with Crippen LogP contribution in [0.5, 0.6) is 0 Å². The molecule has 38 heavy (non-hydrogen) atoms. The number of nitro groups is 1. The van der Waals surface area contributed by atoms with Crippen LogP contribution in [0.25, 0.3) is 10.2 Å². The Labute approximate surface area is 230 Å². The van der Waals surface area contributed by atoms with Crippen molar-refractivity contribution in [2.45, 2.75) is 12.8 Å². The van der Waals surface area contributed by atoms with Crippen molar-refractivity contribution in [3.8, 4) is 6.07 Å². The second-order valence-corrected chi connectivity index (χ2v) is 10.1. The van der Waals surface area contributed by atoms with Gasteiger partial charge in [0, 0.05) is 15.7 Å². The lowest BCUT2D eigenvalue weighted by molar-refractivity contribution is -0.383. The fourth-order valence-electron chi connectivity index (χ4n) is 3.93. The van der Waals surface area contributed by atoms with Crippen molar-refractivity contribution in [1.82, 2.24) is 15.0 Å². The molecule has 9 nitrogen and oxygen atoms in total. The summed E-state index contributed by atoms with van der Waals surface area (Å²) in [7, 11) is 0. The first-order chi connectivity index (χ1) is 18.3. The third-order valence-electron chi connectivity index (χ3n) is 5.76. The van der Waals surface area contributed by atoms with E-state index < -0.39 is 10.8 Å². The summed E-state index contributed by atoms with van der Waals surface area (Å²) in [5.74, 6) is -0.639. The van der Waals surface area contributed by atoms with Gasteiger partial charge in [-0.05, 0) is 53.9 Å². The Morgan fingerprint density at radius 3 is 2.45 bits per heavy atom. The van der Waals surface area contributed by atoms with Gasteiger partial charge in [-0.1, -0.05) is 64.9 Å². The fraction of sp³-hybridized carbons (Fsp3) is 0.0769. The molecule has 5 rings (SSSR count). The van der Waals surface area contributed by atoms with Crippen molar-refractivity contribution in [1.29, 1.82) is 5.26 Å². The van der Waals surface area contributed by atoms with Crippen molar-refractivity contribution >= 4 is 72.9 Å². The maximum atomic E-state index is 12.1. The summed E-state index contributed by atoms with van der Waals surface area (Å²) in [5.41, 5.74) is 2.99. The molecule has 0 aliphatic heterocycles. The van der Waals surface area contributed by atoms with Gasteiger partial charge in [-0.3, -0.25) is 10.1 Å². The van der Waals surface area contributed by atoms with E-state index >= 15 is 0 Å². The zero-order valence-corrected chi connectivity index (χ0v) is 22.0. The number of nitriles is 1. The quantitative estimate of drug-likeness (QED) is 0.152. The Morgan fingerprint density at radius 1 is 1.05 bits per heavy atom. The van der Waals surface area contributed by atoms with Gasteiger partial charge in [0.25, 0.3) is 0 Å². The standard InChI is InChI=1S/C26H17Cl2N7O2S/c1-14-10-17(18(12-29)15-6-8-16(27)9-7-15)19(28)11-21(14)32-24-23(35(36)37)25(31-13-30-24)34-26-33-20-4-2-3-5-22(20)38-26/h2-11,13,18H,1H3,(H2,30,31,32,33,34). The van der Waals surface area contributed by atoms with Crippen molar-refractivity contribution < 1.29 is 4.92 Å². The van der Waals surface area contributed by atoms with Gasteiger partial charge >= 0.3 is 5.69 Å². The molecule has 0 aliphatic carbocycles. The SMILES string of the molecule is Cc1cc(C(C#N)c2ccc(Cl)cc2)c(Cl)cc1Nc1ncnc(Nc2nc3ccccc3s2)c1[N+](=O)[O-]. The molecule has 0 aliphatic rings. The second-order valence-electron chi connectivity index (χ2n) is 8.22. The summed E-state index contributed by atoms with van der Waals surface area (Å²) < 4.78 is 0.935. The van der Waals surface area contributed by atoms with Crippen LogP contribution in [-0.4, -0.2) is 19.9 Å². The van der Waals surface area contributed by atoms with E-state index in [-0.39, 0.29) is 17.3 Å². The topological polar surface area (TPSA) is 130 Å². The smallest absolute Gasteiger partial charge is 0.334 e. The first-order valence-electron chi connectivity index (χ1n) is 11.2. The van der Waals surface area contributed by atoms with E-state index in [4.69, 9.17) is 23.2 Å². The van der Waals surface area contributed by atoms with Crippen LogP contribution in [0, 0.1) is 28.4 Å². The van der Waals surface area contributed by atoms with Gasteiger partial charge in [-0.2, -0.15) is 5.26 Å². The van der Waals surface area contributed by atoms with E-state index in [2.05, 4.69) is 31.7 Å². The second kappa shape index (κ2) is 10.6. The van der Waals surface area contributed by atoms with Crippen molar-refractivity contribution in [2.75, 3.05) is 10.6 Å². The number of hydrogen-bond acceptors (Lipinski definition) is 9. The molecule has 3 aromatic carbocycles. The first kappa shape index (κ1) is 25.4. The van der Waals surface area contributed by atoms with Crippen LogP contribution in [0.4, 0.5) is 28.1 Å². The molecule has 0 fully saturated rings. The maximum absolute atomic E-state index is 12.1. The van der Waals surface area contributed by atoms with E-state index in [1.54, 1.807) is 36.4 Å². The molecule has 1 unspecified atom stereocenters. The average molecular weight is 562 g/mol. The molecule has 0 radical (unpaired) electrons. The molecule has 5 aromatic rings. The molecule has 0 bridgehead atoms. The Bertz CT molecular complexity index is 1680. The van der Waals surface area contributed by atoms with Gasteiger partial charge in [-0.25, -0.2) is 15.0 Å². The van der Waals surface area contributed by atoms with E-state index in [0.29, 0.717) is 32.0 Å². The molecule has 0 saturated carbocycles. The molecule has 1 atom stereocenters. The number of benzene rings is 3. The van der Waals surface area contributed by atoms with Crippen LogP contribution in [0.2, 0.25) is 10.0 Å². The molecule has 0 amide bonds. The van der Waals surface area contributed by atoms with Crippen molar-refractivity contribution in [3.63, 3.8) is 0 Å². The lowest BCUT2D eigenvalue weighted by Crippen LogP contribution is -2.07. The highest BCUT2D eigenvalue weighted by atomic mass is 35.5. The summed E-state index contributed by atoms with van der Waals surface area (Å²) in [5, 5.41) is 29.2. The Morgan fingerprint density at radius 2 is 1.76 bits per heavy atom. The third-order valence-corrected chi connectivity index (χ3v) is 7.30. The number of aromatic nitrogens is 3. The highest BCUT2D eigenvalue weighted by Crippen LogP contribution is 2.38. The molecule has 188 valence electrons. The molecular weight excluding hydrogens is 545 g/mol. The predicted octanol–water partition coefficient (Wildman–Crippen LogP) is 7.75. The number of aryl methyl sites for hydroxylation is 1. The maximum Gasteiger partial charge on any atom is 0.353 e. The molecule has 2 aromatic heterocycles. The molecule has 0 saturated heterocycles. The first-order valence-corrected chi connectivity index (χ1v) is 12.8. The Balaban J connectivity index is 1.47. The zero-order valence-electron chi connectivity index (χ0n) is 19.6. The number of hydrogen-bond donors (Lipinski definition) is 2. The minimum absolute atomic E-state index is 0.000732. The summed E-state index contributed by atoms with van der Waals surface area (Å²) in [6.07, 6.45) is 1.22. The predicted molar refractivity (Wildman–Crippen MR) is 150 cm³/mol. The van der Waals surface area contributed by atoms with E-state index in [1.807, 2.05) is 31.2 Å². The number of anilines is 4. The van der Waals surface area contributed by atoms with Crippen molar-refractivity contribution in [3.05, 3.63) is 104 Å². The number of fused-ring (bicyclic) bond motifs is 1. The number of halogens is 2. The Hall–Kier alpha value is -4.30. The molecule has 2 heterocycles. The summed E-state index contributed by atoms with van der Waals surface area (Å²) >= 11 is 13.9. The third kappa shape index (κ3) is 5.08. The summed E-state index contributed by atoms with van der Waals surface area (Å²) in [6.45, 7) is 1.81. The highest BCUT2D eigenvalue weighted by molar-refractivity contribution is 7.22. The van der Waals surface area contributed by atoms with Gasteiger partial charge < -0.3 is 10.6 Å². The summed E-state index contributed by atoms with van der Waals surface area (Å²) in [4.78, 5) is 24.2. The monoisotopic (exact) mass is 561 g/mol. The van der Waals surface area contributed by atoms with E-state index in [0.717, 1.165) is 15.8 Å². The van der Waals surface area contributed by atoms with Crippen LogP contribution < -0.4 is 10.6 Å². The van der Waals surface area contributed by atoms with Crippen molar-refractivity contribution in [2.24, 2.45) is 0 Å². The molecule has 0 spiro atoms. The minimum Gasteiger partial charge on any atom is -0.334 e. The minimum atomic E-state index is -0.620. The van der Waals surface area contributed by atoms with Gasteiger partial charge in [0.05, 0.1) is 27.1 Å². The average Bonchev–Trinajstić information content (AvgIpc) is 3.30. The van der Waals surface area contributed by atoms with E-state index in [9.17, 15) is 15.4 Å². The largest absolute Gasteiger partial charge is 0.353 e. The molecule has 2 N–H and O–H groups in total. The number of thiazole rings is 1. The number of nitrogens with zero attached hydrogens (tertiary/aromatic N) is 5. The lowest BCUT2D eigenvalue weighted by atomic mass is 9.91. The van der Waals surface area contributed by atoms with Crippen LogP contribution in [-0.2, 0) is 0 Å². The van der Waals surface area contributed by atoms with Gasteiger partial charge in [0.2, 0.25) is 11.6 Å². The van der Waals surface area contributed by atoms with Crippen LogP contribution in [0.15, 0.2) is 67.0 Å². The molecule has 12 heteroatoms. The van der Waals surface area contributed by atoms with Gasteiger partial charge in [0.15, 0.2) is 5.13 Å². The molecular formula is C26H17Cl2N7O2S. The number of rotatable bonds is 7. The fourth-order valence-corrected chi connectivity index (χ4v) is 5.19. The van der Waals surface area contributed by atoms with Gasteiger partial charge in [0.1, 0.15) is 6.33 Å². The zero-order chi connectivity index (χ0) is 26.8. The number of nitrogens with one attached hydrogen (secondary N) is 2. The van der Waals surface area contributed by atoms with Crippen LogP contribution in [0.1, 0.15) is 22.6 Å².